The average Bonchev–Trinajstić information content (AvgIpc) is 3.09. The molecule has 4 heteroatoms. The number of Topliss-reactive ketones (excluding diaryl/α,β-unsaturated/α-hetero) is 1. The van der Waals surface area contributed by atoms with Crippen LogP contribution in [0.4, 0.5) is 5.69 Å². The van der Waals surface area contributed by atoms with Crippen molar-refractivity contribution in [1.29, 1.82) is 0 Å². The highest BCUT2D eigenvalue weighted by molar-refractivity contribution is 6.07. The molecule has 1 fully saturated rings. The third-order valence-corrected chi connectivity index (χ3v) is 3.62. The van der Waals surface area contributed by atoms with Crippen molar-refractivity contribution in [3.05, 3.63) is 23.8 Å². The molecule has 0 unspecified atom stereocenters. The highest BCUT2D eigenvalue weighted by Gasteiger charge is 2.44. The number of anilines is 1. The maximum absolute atomic E-state index is 11.9. The number of carbonyl (C=O) groups excluding carboxylic acids is 2. The molecule has 2 rings (SSSR count). The van der Waals surface area contributed by atoms with Gasteiger partial charge >= 0.3 is 0 Å². The number of aryl methyl sites for hydroxylation is 1. The fraction of sp³-hybridized carbons (Fsp3) is 0.467. The molecule has 0 saturated heterocycles. The lowest BCUT2D eigenvalue weighted by Gasteiger charge is -2.12. The zero-order valence-electron chi connectivity index (χ0n) is 11.6. The maximum atomic E-state index is 11.9. The van der Waals surface area contributed by atoms with Gasteiger partial charge in [-0.2, -0.15) is 0 Å². The van der Waals surface area contributed by atoms with E-state index in [-0.39, 0.29) is 23.5 Å². The van der Waals surface area contributed by atoms with Gasteiger partial charge in [0.25, 0.3) is 0 Å². The molecule has 0 heterocycles. The summed E-state index contributed by atoms with van der Waals surface area (Å²) in [6.07, 6.45) is 1.73. The van der Waals surface area contributed by atoms with E-state index in [1.165, 1.54) is 0 Å². The average molecular weight is 261 g/mol. The SMILES string of the molecule is COc1ccc(C)cc1NC(=O)CC(=O)C1(C)CC1. The number of methoxy groups -OCH3 is 1. The van der Waals surface area contributed by atoms with E-state index >= 15 is 0 Å². The number of ketones is 1. The molecule has 1 aliphatic rings. The number of hydrogen-bond acceptors (Lipinski definition) is 3. The number of carbonyl (C=O) groups is 2. The molecule has 1 aromatic rings. The number of benzene rings is 1. The van der Waals surface area contributed by atoms with Gasteiger partial charge in [0.05, 0.1) is 19.2 Å². The van der Waals surface area contributed by atoms with Crippen LogP contribution in [0.3, 0.4) is 0 Å². The molecule has 0 aromatic heterocycles. The Morgan fingerprint density at radius 2 is 2.05 bits per heavy atom. The van der Waals surface area contributed by atoms with Crippen molar-refractivity contribution in [3.63, 3.8) is 0 Å². The van der Waals surface area contributed by atoms with E-state index in [4.69, 9.17) is 4.74 Å². The molecule has 0 atom stereocenters. The Labute approximate surface area is 113 Å². The normalized spacial score (nSPS) is 15.7. The summed E-state index contributed by atoms with van der Waals surface area (Å²) in [5.74, 6) is 0.350. The van der Waals surface area contributed by atoms with Crippen molar-refractivity contribution < 1.29 is 14.3 Å². The maximum Gasteiger partial charge on any atom is 0.231 e. The summed E-state index contributed by atoms with van der Waals surface area (Å²) in [4.78, 5) is 23.7. The van der Waals surface area contributed by atoms with Crippen LogP contribution in [0.15, 0.2) is 18.2 Å². The lowest BCUT2D eigenvalue weighted by atomic mass is 10.0. The van der Waals surface area contributed by atoms with Crippen LogP contribution in [0.2, 0.25) is 0 Å². The number of amides is 1. The summed E-state index contributed by atoms with van der Waals surface area (Å²) in [6, 6.07) is 5.54. The van der Waals surface area contributed by atoms with Gasteiger partial charge in [-0.3, -0.25) is 9.59 Å². The van der Waals surface area contributed by atoms with Crippen molar-refractivity contribution in [2.75, 3.05) is 12.4 Å². The van der Waals surface area contributed by atoms with E-state index in [2.05, 4.69) is 5.32 Å². The second-order valence-electron chi connectivity index (χ2n) is 5.41. The Bertz CT molecular complexity index is 518. The quantitative estimate of drug-likeness (QED) is 0.829. The molecule has 0 radical (unpaired) electrons. The first-order valence-corrected chi connectivity index (χ1v) is 6.42. The van der Waals surface area contributed by atoms with Crippen LogP contribution in [0.25, 0.3) is 0 Å². The van der Waals surface area contributed by atoms with E-state index in [1.807, 2.05) is 26.0 Å². The first-order chi connectivity index (χ1) is 8.94. The zero-order valence-corrected chi connectivity index (χ0v) is 11.6. The molecule has 4 nitrogen and oxygen atoms in total. The minimum Gasteiger partial charge on any atom is -0.495 e. The fourth-order valence-corrected chi connectivity index (χ4v) is 1.94. The summed E-state index contributed by atoms with van der Waals surface area (Å²) >= 11 is 0. The van der Waals surface area contributed by atoms with Gasteiger partial charge in [-0.1, -0.05) is 13.0 Å². The molecular weight excluding hydrogens is 242 g/mol. The van der Waals surface area contributed by atoms with Gasteiger partial charge < -0.3 is 10.1 Å². The predicted molar refractivity (Wildman–Crippen MR) is 73.3 cm³/mol. The van der Waals surface area contributed by atoms with Gasteiger partial charge in [-0.25, -0.2) is 0 Å². The topological polar surface area (TPSA) is 55.4 Å². The van der Waals surface area contributed by atoms with Crippen molar-refractivity contribution in [2.45, 2.75) is 33.1 Å². The molecule has 0 bridgehead atoms. The van der Waals surface area contributed by atoms with Crippen molar-refractivity contribution >= 4 is 17.4 Å². The molecule has 1 aromatic carbocycles. The summed E-state index contributed by atoms with van der Waals surface area (Å²) in [5, 5.41) is 2.75. The molecular formula is C15H19NO3. The molecule has 0 aliphatic heterocycles. The van der Waals surface area contributed by atoms with Gasteiger partial charge in [0, 0.05) is 5.41 Å². The van der Waals surface area contributed by atoms with Crippen LogP contribution in [-0.4, -0.2) is 18.8 Å². The van der Waals surface area contributed by atoms with Crippen LogP contribution in [-0.2, 0) is 9.59 Å². The second kappa shape index (κ2) is 5.03. The Kier molecular flexibility index (Phi) is 3.60. The zero-order chi connectivity index (χ0) is 14.0. The summed E-state index contributed by atoms with van der Waals surface area (Å²) in [5.41, 5.74) is 1.38. The third kappa shape index (κ3) is 3.13. The largest absolute Gasteiger partial charge is 0.495 e. The van der Waals surface area contributed by atoms with E-state index in [1.54, 1.807) is 13.2 Å². The molecule has 1 saturated carbocycles. The van der Waals surface area contributed by atoms with Crippen molar-refractivity contribution in [1.82, 2.24) is 0 Å². The second-order valence-corrected chi connectivity index (χ2v) is 5.41. The highest BCUT2D eigenvalue weighted by atomic mass is 16.5. The highest BCUT2D eigenvalue weighted by Crippen LogP contribution is 2.46. The van der Waals surface area contributed by atoms with Gasteiger partial charge in [0.2, 0.25) is 5.91 Å². The smallest absolute Gasteiger partial charge is 0.231 e. The summed E-state index contributed by atoms with van der Waals surface area (Å²) in [7, 11) is 1.55. The predicted octanol–water partition coefficient (Wildman–Crippen LogP) is 2.70. The van der Waals surface area contributed by atoms with Gasteiger partial charge in [0.15, 0.2) is 0 Å². The molecule has 1 aliphatic carbocycles. The third-order valence-electron chi connectivity index (χ3n) is 3.62. The van der Waals surface area contributed by atoms with Crippen LogP contribution < -0.4 is 10.1 Å². The van der Waals surface area contributed by atoms with Gasteiger partial charge in [-0.15, -0.1) is 0 Å². The minimum atomic E-state index is -0.276. The van der Waals surface area contributed by atoms with Crippen LogP contribution in [0, 0.1) is 12.3 Å². The lowest BCUT2D eigenvalue weighted by molar-refractivity contribution is -0.128. The Morgan fingerprint density at radius 1 is 1.37 bits per heavy atom. The molecule has 0 spiro atoms. The molecule has 1 amide bonds. The molecule has 102 valence electrons. The first kappa shape index (κ1) is 13.6. The Hall–Kier alpha value is -1.84. The number of ether oxygens (including phenoxy) is 1. The fourth-order valence-electron chi connectivity index (χ4n) is 1.94. The molecule has 19 heavy (non-hydrogen) atoms. The van der Waals surface area contributed by atoms with Crippen molar-refractivity contribution in [3.8, 4) is 5.75 Å². The van der Waals surface area contributed by atoms with E-state index in [9.17, 15) is 9.59 Å². The van der Waals surface area contributed by atoms with E-state index in [0.29, 0.717) is 11.4 Å². The van der Waals surface area contributed by atoms with Crippen LogP contribution in [0.5, 0.6) is 5.75 Å². The number of rotatable bonds is 5. The Balaban J connectivity index is 2.02. The summed E-state index contributed by atoms with van der Waals surface area (Å²) in [6.45, 7) is 3.85. The number of nitrogens with one attached hydrogen (secondary N) is 1. The number of hydrogen-bond donors (Lipinski definition) is 1. The standard InChI is InChI=1S/C15H19NO3/c1-10-4-5-12(19-3)11(8-10)16-14(18)9-13(17)15(2)6-7-15/h4-5,8H,6-7,9H2,1-3H3,(H,16,18). The van der Waals surface area contributed by atoms with Crippen LogP contribution >= 0.6 is 0 Å². The minimum absolute atomic E-state index is 0.0246. The monoisotopic (exact) mass is 261 g/mol. The van der Waals surface area contributed by atoms with E-state index in [0.717, 1.165) is 18.4 Å². The summed E-state index contributed by atoms with van der Waals surface area (Å²) < 4.78 is 5.19. The van der Waals surface area contributed by atoms with E-state index < -0.39 is 0 Å². The van der Waals surface area contributed by atoms with Crippen LogP contribution in [0.1, 0.15) is 31.7 Å². The Morgan fingerprint density at radius 3 is 2.63 bits per heavy atom. The first-order valence-electron chi connectivity index (χ1n) is 6.42. The van der Waals surface area contributed by atoms with Gasteiger partial charge in [0.1, 0.15) is 11.5 Å². The lowest BCUT2D eigenvalue weighted by Crippen LogP contribution is -2.21. The molecule has 1 N–H and O–H groups in total. The van der Waals surface area contributed by atoms with Gasteiger partial charge in [-0.05, 0) is 37.5 Å². The van der Waals surface area contributed by atoms with Crippen molar-refractivity contribution in [2.24, 2.45) is 5.41 Å².